The standard InChI is InChI=1S/C12H26N4O/c1-4-11(5-2)14-12(17)10-13-16-8-6-15(3)7-9-16/h11,13H,4-10H2,1-3H3,(H,14,17). The van der Waals surface area contributed by atoms with Crippen LogP contribution in [0.25, 0.3) is 0 Å². The number of hydrogen-bond acceptors (Lipinski definition) is 4. The summed E-state index contributed by atoms with van der Waals surface area (Å²) in [7, 11) is 2.12. The molecular formula is C12H26N4O. The number of hydrogen-bond donors (Lipinski definition) is 2. The monoisotopic (exact) mass is 242 g/mol. The van der Waals surface area contributed by atoms with Crippen LogP contribution in [0.1, 0.15) is 26.7 Å². The van der Waals surface area contributed by atoms with Crippen molar-refractivity contribution >= 4 is 5.91 Å². The lowest BCUT2D eigenvalue weighted by molar-refractivity contribution is -0.122. The highest BCUT2D eigenvalue weighted by molar-refractivity contribution is 5.78. The van der Waals surface area contributed by atoms with E-state index in [1.54, 1.807) is 0 Å². The number of hydrazine groups is 1. The Bertz CT molecular complexity index is 223. The number of carbonyl (C=O) groups excluding carboxylic acids is 1. The number of amides is 1. The molecule has 0 aromatic heterocycles. The van der Waals surface area contributed by atoms with Gasteiger partial charge in [-0.25, -0.2) is 10.4 Å². The van der Waals surface area contributed by atoms with Gasteiger partial charge in [-0.3, -0.25) is 4.79 Å². The van der Waals surface area contributed by atoms with Crippen LogP contribution in [0, 0.1) is 0 Å². The summed E-state index contributed by atoms with van der Waals surface area (Å²) in [6.45, 7) is 8.66. The van der Waals surface area contributed by atoms with E-state index in [4.69, 9.17) is 0 Å². The molecule has 1 heterocycles. The molecule has 2 N–H and O–H groups in total. The summed E-state index contributed by atoms with van der Waals surface area (Å²) in [4.78, 5) is 14.0. The van der Waals surface area contributed by atoms with E-state index in [2.05, 4.69) is 41.5 Å². The van der Waals surface area contributed by atoms with Crippen molar-refractivity contribution in [2.24, 2.45) is 0 Å². The third-order valence-electron chi connectivity index (χ3n) is 3.32. The molecule has 1 aliphatic rings. The maximum atomic E-state index is 11.7. The first-order valence-electron chi connectivity index (χ1n) is 6.62. The van der Waals surface area contributed by atoms with E-state index in [9.17, 15) is 4.79 Å². The molecule has 0 aromatic carbocycles. The van der Waals surface area contributed by atoms with Crippen molar-refractivity contribution in [3.63, 3.8) is 0 Å². The normalized spacial score (nSPS) is 18.6. The summed E-state index contributed by atoms with van der Waals surface area (Å²) in [6, 6.07) is 0.316. The summed E-state index contributed by atoms with van der Waals surface area (Å²) < 4.78 is 0. The molecular weight excluding hydrogens is 216 g/mol. The van der Waals surface area contributed by atoms with Gasteiger partial charge in [-0.15, -0.1) is 0 Å². The fourth-order valence-electron chi connectivity index (χ4n) is 1.92. The number of nitrogens with one attached hydrogen (secondary N) is 2. The van der Waals surface area contributed by atoms with Crippen molar-refractivity contribution in [2.75, 3.05) is 39.8 Å². The SMILES string of the molecule is CCC(CC)NC(=O)CNN1CCN(C)CC1. The molecule has 0 atom stereocenters. The quantitative estimate of drug-likeness (QED) is 0.690. The van der Waals surface area contributed by atoms with Crippen molar-refractivity contribution in [3.8, 4) is 0 Å². The van der Waals surface area contributed by atoms with Gasteiger partial charge in [-0.2, -0.15) is 0 Å². The number of nitrogens with zero attached hydrogens (tertiary/aromatic N) is 2. The van der Waals surface area contributed by atoms with Crippen LogP contribution in [-0.2, 0) is 4.79 Å². The van der Waals surface area contributed by atoms with Gasteiger partial charge >= 0.3 is 0 Å². The van der Waals surface area contributed by atoms with Crippen molar-refractivity contribution < 1.29 is 4.79 Å². The van der Waals surface area contributed by atoms with Crippen molar-refractivity contribution in [2.45, 2.75) is 32.7 Å². The second-order valence-corrected chi connectivity index (χ2v) is 4.71. The first kappa shape index (κ1) is 14.4. The Morgan fingerprint density at radius 2 is 1.76 bits per heavy atom. The van der Waals surface area contributed by atoms with Crippen LogP contribution in [0.2, 0.25) is 0 Å². The van der Waals surface area contributed by atoms with E-state index in [0.717, 1.165) is 39.0 Å². The lowest BCUT2D eigenvalue weighted by Crippen LogP contribution is -2.53. The molecule has 1 rings (SSSR count). The molecule has 100 valence electrons. The zero-order valence-electron chi connectivity index (χ0n) is 11.3. The minimum absolute atomic E-state index is 0.0950. The molecule has 0 spiro atoms. The average Bonchev–Trinajstić information content (AvgIpc) is 2.35. The molecule has 1 fully saturated rings. The molecule has 1 aliphatic heterocycles. The first-order chi connectivity index (χ1) is 8.15. The molecule has 1 saturated heterocycles. The minimum atomic E-state index is 0.0950. The summed E-state index contributed by atoms with van der Waals surface area (Å²) >= 11 is 0. The van der Waals surface area contributed by atoms with Gasteiger partial charge in [0.05, 0.1) is 6.54 Å². The molecule has 0 aliphatic carbocycles. The van der Waals surface area contributed by atoms with Gasteiger partial charge in [-0.1, -0.05) is 13.8 Å². The van der Waals surface area contributed by atoms with Crippen LogP contribution in [0.4, 0.5) is 0 Å². The zero-order chi connectivity index (χ0) is 12.7. The van der Waals surface area contributed by atoms with E-state index in [1.807, 2.05) is 0 Å². The van der Waals surface area contributed by atoms with E-state index in [0.29, 0.717) is 12.6 Å². The molecule has 0 aromatic rings. The highest BCUT2D eigenvalue weighted by Gasteiger charge is 2.14. The van der Waals surface area contributed by atoms with E-state index >= 15 is 0 Å². The van der Waals surface area contributed by atoms with Crippen LogP contribution < -0.4 is 10.7 Å². The summed E-state index contributed by atoms with van der Waals surface area (Å²) in [5.41, 5.74) is 3.19. The zero-order valence-corrected chi connectivity index (χ0v) is 11.3. The van der Waals surface area contributed by atoms with Crippen LogP contribution in [0.5, 0.6) is 0 Å². The summed E-state index contributed by atoms with van der Waals surface area (Å²) in [5.74, 6) is 0.0950. The van der Waals surface area contributed by atoms with Crippen molar-refractivity contribution in [3.05, 3.63) is 0 Å². The Hall–Kier alpha value is -0.650. The fourth-order valence-corrected chi connectivity index (χ4v) is 1.92. The Morgan fingerprint density at radius 3 is 2.29 bits per heavy atom. The number of piperazine rings is 1. The second-order valence-electron chi connectivity index (χ2n) is 4.71. The first-order valence-corrected chi connectivity index (χ1v) is 6.62. The minimum Gasteiger partial charge on any atom is -0.352 e. The number of carbonyl (C=O) groups is 1. The van der Waals surface area contributed by atoms with Crippen molar-refractivity contribution in [1.29, 1.82) is 0 Å². The molecule has 0 saturated carbocycles. The van der Waals surface area contributed by atoms with Gasteiger partial charge in [-0.05, 0) is 19.9 Å². The van der Waals surface area contributed by atoms with Crippen LogP contribution >= 0.6 is 0 Å². The number of likely N-dealkylation sites (N-methyl/N-ethyl adjacent to an activating group) is 1. The predicted molar refractivity (Wildman–Crippen MR) is 69.6 cm³/mol. The maximum absolute atomic E-state index is 11.7. The highest BCUT2D eigenvalue weighted by Crippen LogP contribution is 1.96. The molecule has 0 radical (unpaired) electrons. The molecule has 17 heavy (non-hydrogen) atoms. The van der Waals surface area contributed by atoms with E-state index in [-0.39, 0.29) is 5.91 Å². The van der Waals surface area contributed by atoms with Gasteiger partial charge < -0.3 is 10.2 Å². The number of rotatable bonds is 6. The highest BCUT2D eigenvalue weighted by atomic mass is 16.2. The smallest absolute Gasteiger partial charge is 0.235 e. The Balaban J connectivity index is 2.15. The van der Waals surface area contributed by atoms with Gasteiger partial charge in [0, 0.05) is 32.2 Å². The average molecular weight is 242 g/mol. The Labute approximate surface area is 104 Å². The maximum Gasteiger partial charge on any atom is 0.235 e. The van der Waals surface area contributed by atoms with Gasteiger partial charge in [0.1, 0.15) is 0 Å². The molecule has 0 unspecified atom stereocenters. The van der Waals surface area contributed by atoms with Gasteiger partial charge in [0.25, 0.3) is 0 Å². The molecule has 5 nitrogen and oxygen atoms in total. The lowest BCUT2D eigenvalue weighted by atomic mass is 10.2. The molecule has 1 amide bonds. The predicted octanol–water partition coefficient (Wildman–Crippen LogP) is 0.0432. The molecule has 5 heteroatoms. The van der Waals surface area contributed by atoms with Crippen LogP contribution in [0.3, 0.4) is 0 Å². The topological polar surface area (TPSA) is 47.6 Å². The van der Waals surface area contributed by atoms with Crippen LogP contribution in [0.15, 0.2) is 0 Å². The third-order valence-corrected chi connectivity index (χ3v) is 3.32. The fraction of sp³-hybridized carbons (Fsp3) is 0.917. The third kappa shape index (κ3) is 5.48. The van der Waals surface area contributed by atoms with Gasteiger partial charge in [0.2, 0.25) is 5.91 Å². The van der Waals surface area contributed by atoms with Crippen LogP contribution in [-0.4, -0.2) is 61.6 Å². The van der Waals surface area contributed by atoms with Crippen molar-refractivity contribution in [1.82, 2.24) is 20.7 Å². The second kappa shape index (κ2) is 7.63. The summed E-state index contributed by atoms with van der Waals surface area (Å²) in [6.07, 6.45) is 1.99. The van der Waals surface area contributed by atoms with Gasteiger partial charge in [0.15, 0.2) is 0 Å². The summed E-state index contributed by atoms with van der Waals surface area (Å²) in [5, 5.41) is 5.16. The van der Waals surface area contributed by atoms with E-state index in [1.165, 1.54) is 0 Å². The largest absolute Gasteiger partial charge is 0.352 e. The Kier molecular flexibility index (Phi) is 6.47. The lowest BCUT2D eigenvalue weighted by Gasteiger charge is -2.32. The van der Waals surface area contributed by atoms with E-state index < -0.39 is 0 Å². The Morgan fingerprint density at radius 1 is 1.18 bits per heavy atom. The molecule has 0 bridgehead atoms.